The molecule has 0 atom stereocenters. The largest absolute Gasteiger partial charge is 0.483 e. The van der Waals surface area contributed by atoms with Crippen LogP contribution in [0.5, 0.6) is 0 Å². The van der Waals surface area contributed by atoms with Crippen molar-refractivity contribution in [3.63, 3.8) is 0 Å². The Morgan fingerprint density at radius 2 is 1.74 bits per heavy atom. The fraction of sp³-hybridized carbons (Fsp3) is 0.385. The number of hydrogen-bond donors (Lipinski definition) is 4. The van der Waals surface area contributed by atoms with Crippen LogP contribution >= 0.6 is 0 Å². The van der Waals surface area contributed by atoms with Crippen molar-refractivity contribution < 1.29 is 27.9 Å². The van der Waals surface area contributed by atoms with Gasteiger partial charge in [0.1, 0.15) is 17.5 Å². The van der Waals surface area contributed by atoms with Gasteiger partial charge in [-0.1, -0.05) is 0 Å². The first-order chi connectivity index (χ1) is 16.5. The predicted octanol–water partition coefficient (Wildman–Crippen LogP) is 4.95. The summed E-state index contributed by atoms with van der Waals surface area (Å²) in [6.07, 6.45) is 1.60. The fourth-order valence-corrected chi connectivity index (χ4v) is 4.31. The highest BCUT2D eigenvalue weighted by Crippen LogP contribution is 2.48. The Balaban J connectivity index is 0.00000108. The van der Waals surface area contributed by atoms with Gasteiger partial charge in [0.05, 0.1) is 17.8 Å². The molecule has 0 unspecified atom stereocenters. The molecule has 9 heteroatoms. The number of carboxylic acid groups (broad SMARTS) is 1. The molecule has 2 aromatic carbocycles. The zero-order valence-electron chi connectivity index (χ0n) is 19.9. The van der Waals surface area contributed by atoms with E-state index in [0.717, 1.165) is 30.0 Å². The van der Waals surface area contributed by atoms with Crippen LogP contribution in [0.25, 0.3) is 22.2 Å². The number of H-pyrrole nitrogens is 1. The molecule has 188 valence electrons. The quantitative estimate of drug-likeness (QED) is 0.369. The van der Waals surface area contributed by atoms with Crippen LogP contribution in [-0.4, -0.2) is 41.1 Å². The van der Waals surface area contributed by atoms with Crippen LogP contribution in [0.3, 0.4) is 0 Å². The third-order valence-electron chi connectivity index (χ3n) is 6.01. The first-order valence-electron chi connectivity index (χ1n) is 11.4. The Labute approximate surface area is 201 Å². The molecule has 1 heterocycles. The molecule has 0 spiro atoms. The van der Waals surface area contributed by atoms with E-state index in [-0.39, 0.29) is 41.7 Å². The molecule has 1 aliphatic carbocycles. The lowest BCUT2D eigenvalue weighted by molar-refractivity contribution is -0.123. The summed E-state index contributed by atoms with van der Waals surface area (Å²) in [6, 6.07) is 8.19. The molecule has 1 saturated carbocycles. The van der Waals surface area contributed by atoms with E-state index in [9.17, 15) is 18.0 Å². The number of carbonyl (C=O) groups is 2. The average molecular weight is 490 g/mol. The van der Waals surface area contributed by atoms with E-state index in [1.54, 1.807) is 12.1 Å². The van der Waals surface area contributed by atoms with Crippen molar-refractivity contribution >= 4 is 23.3 Å². The number of nitrogens with one attached hydrogen (secondary N) is 3. The number of aromatic nitrogens is 1. The second kappa shape index (κ2) is 10.9. The van der Waals surface area contributed by atoms with Gasteiger partial charge in [0.15, 0.2) is 0 Å². The summed E-state index contributed by atoms with van der Waals surface area (Å²) in [6.45, 7) is 6.58. The Hall–Kier alpha value is -3.33. The zero-order valence-corrected chi connectivity index (χ0v) is 19.9. The minimum absolute atomic E-state index is 0.0494. The van der Waals surface area contributed by atoms with E-state index in [1.807, 2.05) is 20.8 Å². The molecule has 35 heavy (non-hydrogen) atoms. The summed E-state index contributed by atoms with van der Waals surface area (Å²) in [5, 5.41) is 13.5. The maximum absolute atomic E-state index is 14.5. The summed E-state index contributed by atoms with van der Waals surface area (Å²) >= 11 is 0. The van der Waals surface area contributed by atoms with Crippen molar-refractivity contribution in [1.82, 2.24) is 15.6 Å². The number of carbonyl (C=O) groups excluding carboxylic acids is 1. The molecule has 1 fully saturated rings. The molecule has 1 aromatic heterocycles. The van der Waals surface area contributed by atoms with Gasteiger partial charge in [-0.25, -0.2) is 13.2 Å². The smallest absolute Gasteiger partial charge is 0.290 e. The van der Waals surface area contributed by atoms with Gasteiger partial charge >= 0.3 is 0 Å². The average Bonchev–Trinajstić information content (AvgIpc) is 3.11. The molecule has 0 aliphatic heterocycles. The molecule has 1 amide bonds. The maximum Gasteiger partial charge on any atom is 0.290 e. The second-order valence-electron chi connectivity index (χ2n) is 9.78. The maximum atomic E-state index is 14.5. The molecule has 4 rings (SSSR count). The molecule has 3 aromatic rings. The first-order valence-corrected chi connectivity index (χ1v) is 11.4. The number of aromatic amines is 1. The first kappa shape index (κ1) is 26.3. The number of hydrogen-bond acceptors (Lipinski definition) is 3. The molecule has 0 saturated heterocycles. The molecule has 0 radical (unpaired) electrons. The highest BCUT2D eigenvalue weighted by Gasteiger charge is 2.34. The SMILES string of the molecule is CC(C)(C)NCC(=O)NCC1CC(c2c(-c3ccc(F)cc3)[nH]c3c(F)cc(F)cc23)C1.O=CO. The summed E-state index contributed by atoms with van der Waals surface area (Å²) in [5.41, 5.74) is 2.39. The predicted molar refractivity (Wildman–Crippen MR) is 129 cm³/mol. The van der Waals surface area contributed by atoms with Gasteiger partial charge in [-0.05, 0) is 86.9 Å². The van der Waals surface area contributed by atoms with Gasteiger partial charge in [-0.15, -0.1) is 0 Å². The number of rotatable bonds is 6. The number of fused-ring (bicyclic) bond motifs is 1. The lowest BCUT2D eigenvalue weighted by atomic mass is 9.70. The fourth-order valence-electron chi connectivity index (χ4n) is 4.31. The van der Waals surface area contributed by atoms with Crippen LogP contribution in [-0.2, 0) is 9.59 Å². The summed E-state index contributed by atoms with van der Waals surface area (Å²) in [5.74, 6) is -1.29. The van der Waals surface area contributed by atoms with E-state index in [2.05, 4.69) is 15.6 Å². The van der Waals surface area contributed by atoms with Gasteiger partial charge < -0.3 is 20.7 Å². The van der Waals surface area contributed by atoms with Gasteiger partial charge in [0.2, 0.25) is 5.91 Å². The molecule has 0 bridgehead atoms. The number of halogens is 3. The van der Waals surface area contributed by atoms with Crippen LogP contribution in [0, 0.1) is 23.4 Å². The lowest BCUT2D eigenvalue weighted by Gasteiger charge is -2.36. The van der Waals surface area contributed by atoms with Crippen LogP contribution in [0.15, 0.2) is 36.4 Å². The zero-order chi connectivity index (χ0) is 25.8. The minimum atomic E-state index is -0.649. The van der Waals surface area contributed by atoms with E-state index in [0.29, 0.717) is 23.5 Å². The molecular weight excluding hydrogens is 459 g/mol. The van der Waals surface area contributed by atoms with Crippen molar-refractivity contribution in [2.24, 2.45) is 5.92 Å². The monoisotopic (exact) mass is 489 g/mol. The van der Waals surface area contributed by atoms with Gasteiger partial charge in [0.25, 0.3) is 6.47 Å². The van der Waals surface area contributed by atoms with E-state index >= 15 is 0 Å². The van der Waals surface area contributed by atoms with Gasteiger partial charge in [-0.3, -0.25) is 9.59 Å². The highest BCUT2D eigenvalue weighted by molar-refractivity contribution is 5.92. The normalized spacial score (nSPS) is 17.3. The standard InChI is InChI=1S/C25H28F3N3O.CH2O2/c1-25(2,3)30-13-21(32)29-12-14-8-16(9-14)22-19-10-18(27)11-20(28)24(19)31-23(22)15-4-6-17(26)7-5-15;2-1-3/h4-7,10-11,14,16,30-31H,8-9,12-13H2,1-3H3,(H,29,32);1H,(H,2,3). The van der Waals surface area contributed by atoms with Crippen molar-refractivity contribution in [1.29, 1.82) is 0 Å². The summed E-state index contributed by atoms with van der Waals surface area (Å²) in [7, 11) is 0. The summed E-state index contributed by atoms with van der Waals surface area (Å²) in [4.78, 5) is 23.5. The Kier molecular flexibility index (Phi) is 8.22. The van der Waals surface area contributed by atoms with Gasteiger partial charge in [0, 0.05) is 23.5 Å². The second-order valence-corrected chi connectivity index (χ2v) is 9.78. The lowest BCUT2D eigenvalue weighted by Crippen LogP contribution is -2.45. The van der Waals surface area contributed by atoms with Crippen molar-refractivity contribution in [3.8, 4) is 11.3 Å². The van der Waals surface area contributed by atoms with Crippen LogP contribution < -0.4 is 10.6 Å². The number of benzene rings is 2. The number of amides is 1. The topological polar surface area (TPSA) is 94.2 Å². The van der Waals surface area contributed by atoms with Gasteiger partial charge in [-0.2, -0.15) is 0 Å². The van der Waals surface area contributed by atoms with Crippen LogP contribution in [0.1, 0.15) is 45.1 Å². The van der Waals surface area contributed by atoms with Crippen molar-refractivity contribution in [2.75, 3.05) is 13.1 Å². The molecule has 1 aliphatic rings. The molecular formula is C26H30F3N3O3. The molecule has 6 nitrogen and oxygen atoms in total. The Bertz CT molecular complexity index is 1180. The third-order valence-corrected chi connectivity index (χ3v) is 6.01. The summed E-state index contributed by atoms with van der Waals surface area (Å²) < 4.78 is 41.9. The highest BCUT2D eigenvalue weighted by atomic mass is 19.1. The molecule has 4 N–H and O–H groups in total. The Morgan fingerprint density at radius 3 is 2.34 bits per heavy atom. The Morgan fingerprint density at radius 1 is 1.11 bits per heavy atom. The van der Waals surface area contributed by atoms with E-state index in [1.165, 1.54) is 18.2 Å². The van der Waals surface area contributed by atoms with Crippen LogP contribution in [0.2, 0.25) is 0 Å². The van der Waals surface area contributed by atoms with E-state index < -0.39 is 11.6 Å². The van der Waals surface area contributed by atoms with E-state index in [4.69, 9.17) is 9.90 Å². The van der Waals surface area contributed by atoms with Crippen LogP contribution in [0.4, 0.5) is 13.2 Å². The third kappa shape index (κ3) is 6.63. The minimum Gasteiger partial charge on any atom is -0.483 e. The van der Waals surface area contributed by atoms with Crippen molar-refractivity contribution in [3.05, 3.63) is 59.4 Å². The van der Waals surface area contributed by atoms with Crippen molar-refractivity contribution in [2.45, 2.75) is 45.1 Å².